The van der Waals surface area contributed by atoms with Gasteiger partial charge in [0.05, 0.1) is 18.6 Å². The van der Waals surface area contributed by atoms with Crippen molar-refractivity contribution >= 4 is 28.4 Å². The highest BCUT2D eigenvalue weighted by Gasteiger charge is 2.44. The Kier molecular flexibility index (Phi) is 4.59. The molecule has 0 bridgehead atoms. The fourth-order valence-electron chi connectivity index (χ4n) is 3.16. The molecular formula is C16H19N5O4S. The summed E-state index contributed by atoms with van der Waals surface area (Å²) in [6.45, 7) is -0.398. The average molecular weight is 377 g/mol. The molecule has 3 aromatic heterocycles. The lowest BCUT2D eigenvalue weighted by Crippen LogP contribution is -2.33. The van der Waals surface area contributed by atoms with Gasteiger partial charge in [0, 0.05) is 4.88 Å². The third kappa shape index (κ3) is 2.95. The number of nitrogen functional groups attached to an aromatic ring is 1. The van der Waals surface area contributed by atoms with E-state index in [1.54, 1.807) is 11.3 Å². The standard InChI is InChI=1S/C16H19N5O4S/c17-16-19-9(4-3-8-2-1-5-26-8)11-14(20-16)21(7-18-11)15-13(24)12(23)10(6-22)25-15/h1-2,5,7,10,12-13,15,22-24H,3-4,6H2,(H2,17,19,20)/t10-,12-,13-,15-/m1/s1. The molecule has 9 nitrogen and oxygen atoms in total. The number of nitrogens with zero attached hydrogens (tertiary/aromatic N) is 4. The molecule has 0 spiro atoms. The van der Waals surface area contributed by atoms with Gasteiger partial charge in [0.25, 0.3) is 0 Å². The number of thiophene rings is 1. The van der Waals surface area contributed by atoms with Crippen molar-refractivity contribution in [1.82, 2.24) is 19.5 Å². The van der Waals surface area contributed by atoms with Gasteiger partial charge in [0.1, 0.15) is 23.8 Å². The van der Waals surface area contributed by atoms with Gasteiger partial charge in [-0.25, -0.2) is 9.97 Å². The first kappa shape index (κ1) is 17.3. The van der Waals surface area contributed by atoms with E-state index in [0.717, 1.165) is 6.42 Å². The van der Waals surface area contributed by atoms with E-state index in [4.69, 9.17) is 10.5 Å². The van der Waals surface area contributed by atoms with Gasteiger partial charge >= 0.3 is 0 Å². The molecule has 138 valence electrons. The van der Waals surface area contributed by atoms with Crippen LogP contribution in [0.5, 0.6) is 0 Å². The Morgan fingerprint density at radius 3 is 2.77 bits per heavy atom. The van der Waals surface area contributed by atoms with Gasteiger partial charge in [0.2, 0.25) is 5.95 Å². The minimum atomic E-state index is -1.21. The van der Waals surface area contributed by atoms with E-state index in [1.165, 1.54) is 15.8 Å². The monoisotopic (exact) mass is 377 g/mol. The molecule has 4 heterocycles. The number of aryl methyl sites for hydroxylation is 2. The number of hydrogen-bond donors (Lipinski definition) is 4. The van der Waals surface area contributed by atoms with E-state index in [1.807, 2.05) is 11.4 Å². The zero-order chi connectivity index (χ0) is 18.3. The molecule has 3 aromatic rings. The predicted molar refractivity (Wildman–Crippen MR) is 94.5 cm³/mol. The van der Waals surface area contributed by atoms with E-state index >= 15 is 0 Å². The molecule has 4 atom stereocenters. The summed E-state index contributed by atoms with van der Waals surface area (Å²) in [4.78, 5) is 14.1. The van der Waals surface area contributed by atoms with Crippen LogP contribution in [-0.4, -0.2) is 59.8 Å². The Morgan fingerprint density at radius 2 is 2.08 bits per heavy atom. The molecule has 0 unspecified atom stereocenters. The van der Waals surface area contributed by atoms with Crippen molar-refractivity contribution in [3.63, 3.8) is 0 Å². The first-order valence-electron chi connectivity index (χ1n) is 8.22. The highest BCUT2D eigenvalue weighted by molar-refractivity contribution is 7.09. The first-order valence-corrected chi connectivity index (χ1v) is 9.10. The predicted octanol–water partition coefficient (Wildman–Crippen LogP) is -0.133. The zero-order valence-corrected chi connectivity index (χ0v) is 14.6. The minimum Gasteiger partial charge on any atom is -0.394 e. The van der Waals surface area contributed by atoms with Gasteiger partial charge in [0.15, 0.2) is 11.9 Å². The van der Waals surface area contributed by atoms with Crippen molar-refractivity contribution < 1.29 is 20.1 Å². The second-order valence-electron chi connectivity index (χ2n) is 6.16. The molecule has 0 aromatic carbocycles. The lowest BCUT2D eigenvalue weighted by molar-refractivity contribution is -0.0511. The van der Waals surface area contributed by atoms with Gasteiger partial charge in [-0.3, -0.25) is 4.57 Å². The lowest BCUT2D eigenvalue weighted by atomic mass is 10.1. The molecule has 1 aliphatic rings. The van der Waals surface area contributed by atoms with Crippen LogP contribution in [-0.2, 0) is 17.6 Å². The summed E-state index contributed by atoms with van der Waals surface area (Å²) in [7, 11) is 0. The maximum absolute atomic E-state index is 10.2. The molecule has 1 saturated heterocycles. The molecule has 1 aliphatic heterocycles. The molecular weight excluding hydrogens is 358 g/mol. The number of hydrogen-bond acceptors (Lipinski definition) is 9. The average Bonchev–Trinajstić information content (AvgIpc) is 3.34. The Morgan fingerprint density at radius 1 is 1.23 bits per heavy atom. The smallest absolute Gasteiger partial charge is 0.222 e. The second kappa shape index (κ2) is 6.89. The number of aliphatic hydroxyl groups excluding tert-OH is 3. The van der Waals surface area contributed by atoms with Crippen molar-refractivity contribution in [3.8, 4) is 0 Å². The molecule has 0 aliphatic carbocycles. The van der Waals surface area contributed by atoms with E-state index in [-0.39, 0.29) is 5.95 Å². The number of anilines is 1. The molecule has 0 radical (unpaired) electrons. The number of rotatable bonds is 5. The number of imidazole rings is 1. The Bertz CT molecular complexity index is 900. The Labute approximate surface area is 152 Å². The molecule has 1 fully saturated rings. The first-order chi connectivity index (χ1) is 12.6. The van der Waals surface area contributed by atoms with Crippen molar-refractivity contribution in [2.24, 2.45) is 0 Å². The van der Waals surface area contributed by atoms with Crippen LogP contribution in [0.15, 0.2) is 23.8 Å². The largest absolute Gasteiger partial charge is 0.394 e. The van der Waals surface area contributed by atoms with Gasteiger partial charge in [-0.1, -0.05) is 6.07 Å². The van der Waals surface area contributed by atoms with E-state index in [2.05, 4.69) is 21.0 Å². The summed E-state index contributed by atoms with van der Waals surface area (Å²) >= 11 is 1.68. The highest BCUT2D eigenvalue weighted by Crippen LogP contribution is 2.32. The molecule has 26 heavy (non-hydrogen) atoms. The maximum Gasteiger partial charge on any atom is 0.222 e. The van der Waals surface area contributed by atoms with Gasteiger partial charge in [-0.15, -0.1) is 11.3 Å². The van der Waals surface area contributed by atoms with Crippen LogP contribution in [0.25, 0.3) is 11.2 Å². The Balaban J connectivity index is 1.67. The van der Waals surface area contributed by atoms with Crippen LogP contribution in [0.3, 0.4) is 0 Å². The summed E-state index contributed by atoms with van der Waals surface area (Å²) in [6, 6.07) is 4.06. The van der Waals surface area contributed by atoms with Crippen LogP contribution in [0.1, 0.15) is 16.8 Å². The highest BCUT2D eigenvalue weighted by atomic mass is 32.1. The van der Waals surface area contributed by atoms with Crippen LogP contribution in [0, 0.1) is 0 Å². The number of fused-ring (bicyclic) bond motifs is 1. The topological polar surface area (TPSA) is 140 Å². The summed E-state index contributed by atoms with van der Waals surface area (Å²) in [5, 5.41) is 31.5. The van der Waals surface area contributed by atoms with Crippen LogP contribution in [0.2, 0.25) is 0 Å². The van der Waals surface area contributed by atoms with Crippen molar-refractivity contribution in [3.05, 3.63) is 34.4 Å². The number of ether oxygens (including phenoxy) is 1. The second-order valence-corrected chi connectivity index (χ2v) is 7.19. The van der Waals surface area contributed by atoms with Crippen LogP contribution >= 0.6 is 11.3 Å². The number of aromatic nitrogens is 4. The van der Waals surface area contributed by atoms with Gasteiger partial charge < -0.3 is 25.8 Å². The van der Waals surface area contributed by atoms with E-state index in [9.17, 15) is 15.3 Å². The van der Waals surface area contributed by atoms with E-state index in [0.29, 0.717) is 23.3 Å². The minimum absolute atomic E-state index is 0.104. The number of aliphatic hydroxyl groups is 3. The normalized spacial score (nSPS) is 26.0. The molecule has 0 saturated carbocycles. The molecule has 5 N–H and O–H groups in total. The fraction of sp³-hybridized carbons (Fsp3) is 0.438. The third-order valence-electron chi connectivity index (χ3n) is 4.49. The molecule has 10 heteroatoms. The maximum atomic E-state index is 10.2. The number of nitrogens with two attached hydrogens (primary N) is 1. The Hall–Kier alpha value is -2.11. The lowest BCUT2D eigenvalue weighted by Gasteiger charge is -2.16. The summed E-state index contributed by atoms with van der Waals surface area (Å²) in [6.07, 6.45) is -1.25. The quantitative estimate of drug-likeness (QED) is 0.482. The van der Waals surface area contributed by atoms with Crippen LogP contribution < -0.4 is 5.73 Å². The van der Waals surface area contributed by atoms with Gasteiger partial charge in [-0.2, -0.15) is 4.98 Å². The zero-order valence-electron chi connectivity index (χ0n) is 13.8. The van der Waals surface area contributed by atoms with E-state index < -0.39 is 31.1 Å². The summed E-state index contributed by atoms with van der Waals surface area (Å²) < 4.78 is 7.08. The van der Waals surface area contributed by atoms with Crippen molar-refractivity contribution in [2.45, 2.75) is 37.4 Å². The molecule has 4 rings (SSSR count). The van der Waals surface area contributed by atoms with Crippen LogP contribution in [0.4, 0.5) is 5.95 Å². The third-order valence-corrected chi connectivity index (χ3v) is 5.43. The SMILES string of the molecule is Nc1nc(CCc2cccs2)c2ncn([C@@H]3O[C@H](CO)[C@@H](O)[C@H]3O)c2n1. The fourth-order valence-corrected chi connectivity index (χ4v) is 3.87. The van der Waals surface area contributed by atoms with Crippen molar-refractivity contribution in [1.29, 1.82) is 0 Å². The van der Waals surface area contributed by atoms with Gasteiger partial charge in [-0.05, 0) is 24.3 Å². The molecule has 0 amide bonds. The summed E-state index contributed by atoms with van der Waals surface area (Å²) in [5.41, 5.74) is 7.58. The summed E-state index contributed by atoms with van der Waals surface area (Å²) in [5.74, 6) is 0.104. The van der Waals surface area contributed by atoms with Crippen molar-refractivity contribution in [2.75, 3.05) is 12.3 Å².